The summed E-state index contributed by atoms with van der Waals surface area (Å²) < 4.78 is 11.2. The third kappa shape index (κ3) is 3.98. The molecular weight excluding hydrogens is 452 g/mol. The van der Waals surface area contributed by atoms with Crippen molar-refractivity contribution in [2.24, 2.45) is 0 Å². The van der Waals surface area contributed by atoms with Crippen molar-refractivity contribution >= 4 is 39.2 Å². The molecular formula is C26H20N2O5S. The Bertz CT molecular complexity index is 1530. The Balaban J connectivity index is 1.81. The first-order valence-corrected chi connectivity index (χ1v) is 11.3. The van der Waals surface area contributed by atoms with E-state index < -0.39 is 11.9 Å². The first-order chi connectivity index (χ1) is 16.4. The van der Waals surface area contributed by atoms with Crippen LogP contribution in [-0.4, -0.2) is 18.5 Å². The minimum Gasteiger partial charge on any atom is -0.462 e. The Morgan fingerprint density at radius 2 is 1.82 bits per heavy atom. The number of carbonyl (C=O) groups excluding carboxylic acids is 2. The van der Waals surface area contributed by atoms with Crippen LogP contribution in [0.15, 0.2) is 57.7 Å². The van der Waals surface area contributed by atoms with E-state index in [1.807, 2.05) is 36.4 Å². The van der Waals surface area contributed by atoms with Gasteiger partial charge in [-0.1, -0.05) is 36.4 Å². The van der Waals surface area contributed by atoms with E-state index >= 15 is 0 Å². The number of thiophene rings is 1. The van der Waals surface area contributed by atoms with Gasteiger partial charge in [0.1, 0.15) is 21.7 Å². The number of amides is 1. The van der Waals surface area contributed by atoms with E-state index in [0.717, 1.165) is 11.3 Å². The van der Waals surface area contributed by atoms with Gasteiger partial charge in [0.15, 0.2) is 11.0 Å². The standard InChI is InChI=1S/C26H20N2O5S/c1-4-32-26(31)23-14(2)19(13-27)25(34-23)28-24(30)18-12-8-11-17-20(29)15(3)21(33-22(17)18)16-9-6-5-7-10-16/h5-12H,4H2,1-3H3,(H,28,30). The maximum absolute atomic E-state index is 13.3. The van der Waals surface area contributed by atoms with Gasteiger partial charge in [0.05, 0.1) is 23.1 Å². The topological polar surface area (TPSA) is 109 Å². The van der Waals surface area contributed by atoms with Crippen molar-refractivity contribution in [2.75, 3.05) is 11.9 Å². The fraction of sp³-hybridized carbons (Fsp3) is 0.154. The molecule has 2 aromatic carbocycles. The number of nitrogens with one attached hydrogen (secondary N) is 1. The number of fused-ring (bicyclic) bond motifs is 1. The molecule has 7 nitrogen and oxygen atoms in total. The van der Waals surface area contributed by atoms with Crippen molar-refractivity contribution in [3.05, 3.63) is 85.9 Å². The molecule has 4 aromatic rings. The lowest BCUT2D eigenvalue weighted by molar-refractivity contribution is 0.0531. The molecule has 0 aliphatic rings. The van der Waals surface area contributed by atoms with Gasteiger partial charge in [0.2, 0.25) is 0 Å². The lowest BCUT2D eigenvalue weighted by Crippen LogP contribution is -2.15. The van der Waals surface area contributed by atoms with Gasteiger partial charge in [0.25, 0.3) is 5.91 Å². The molecule has 1 amide bonds. The summed E-state index contributed by atoms with van der Waals surface area (Å²) in [5, 5.41) is 12.8. The number of ether oxygens (including phenoxy) is 1. The van der Waals surface area contributed by atoms with Gasteiger partial charge in [-0.3, -0.25) is 9.59 Å². The lowest BCUT2D eigenvalue weighted by Gasteiger charge is -2.10. The summed E-state index contributed by atoms with van der Waals surface area (Å²) in [5.74, 6) is -0.737. The van der Waals surface area contributed by atoms with E-state index in [4.69, 9.17) is 9.15 Å². The number of anilines is 1. The number of benzene rings is 2. The molecule has 0 spiro atoms. The van der Waals surface area contributed by atoms with Crippen LogP contribution in [0, 0.1) is 25.2 Å². The highest BCUT2D eigenvalue weighted by atomic mass is 32.1. The third-order valence-electron chi connectivity index (χ3n) is 5.37. The predicted molar refractivity (Wildman–Crippen MR) is 130 cm³/mol. The second kappa shape index (κ2) is 9.33. The monoisotopic (exact) mass is 472 g/mol. The second-order valence-electron chi connectivity index (χ2n) is 7.48. The predicted octanol–water partition coefficient (Wildman–Crippen LogP) is 5.44. The van der Waals surface area contributed by atoms with E-state index in [2.05, 4.69) is 5.32 Å². The van der Waals surface area contributed by atoms with Crippen molar-refractivity contribution in [3.8, 4) is 17.4 Å². The quantitative estimate of drug-likeness (QED) is 0.388. The smallest absolute Gasteiger partial charge is 0.348 e. The van der Waals surface area contributed by atoms with Crippen LogP contribution in [-0.2, 0) is 4.74 Å². The van der Waals surface area contributed by atoms with Gasteiger partial charge in [0, 0.05) is 11.1 Å². The minimum absolute atomic E-state index is 0.138. The molecule has 2 heterocycles. The molecule has 2 aromatic heterocycles. The number of carbonyl (C=O) groups is 2. The van der Waals surface area contributed by atoms with Gasteiger partial charge >= 0.3 is 5.97 Å². The van der Waals surface area contributed by atoms with Crippen LogP contribution < -0.4 is 10.7 Å². The number of para-hydroxylation sites is 1. The summed E-state index contributed by atoms with van der Waals surface area (Å²) in [4.78, 5) is 38.8. The SMILES string of the molecule is CCOC(=O)c1sc(NC(=O)c2cccc3c(=O)c(C)c(-c4ccccc4)oc23)c(C#N)c1C. The summed E-state index contributed by atoms with van der Waals surface area (Å²) in [6, 6.07) is 16.0. The molecule has 4 rings (SSSR count). The summed E-state index contributed by atoms with van der Waals surface area (Å²) in [5.41, 5.74) is 1.83. The Morgan fingerprint density at radius 1 is 1.09 bits per heavy atom. The first-order valence-electron chi connectivity index (χ1n) is 10.5. The third-order valence-corrected chi connectivity index (χ3v) is 6.56. The Morgan fingerprint density at radius 3 is 2.50 bits per heavy atom. The summed E-state index contributed by atoms with van der Waals surface area (Å²) >= 11 is 0.971. The summed E-state index contributed by atoms with van der Waals surface area (Å²) in [7, 11) is 0. The fourth-order valence-electron chi connectivity index (χ4n) is 3.65. The van der Waals surface area contributed by atoms with Crippen LogP contribution >= 0.6 is 11.3 Å². The van der Waals surface area contributed by atoms with Crippen LogP contribution in [0.25, 0.3) is 22.3 Å². The van der Waals surface area contributed by atoms with Crippen molar-refractivity contribution < 1.29 is 18.7 Å². The zero-order chi connectivity index (χ0) is 24.4. The largest absolute Gasteiger partial charge is 0.462 e. The molecule has 34 heavy (non-hydrogen) atoms. The van der Waals surface area contributed by atoms with Crippen LogP contribution in [0.2, 0.25) is 0 Å². The van der Waals surface area contributed by atoms with Gasteiger partial charge in [-0.15, -0.1) is 11.3 Å². The molecule has 1 N–H and O–H groups in total. The highest BCUT2D eigenvalue weighted by Gasteiger charge is 2.24. The second-order valence-corrected chi connectivity index (χ2v) is 8.50. The minimum atomic E-state index is -0.565. The number of hydrogen-bond acceptors (Lipinski definition) is 7. The van der Waals surface area contributed by atoms with E-state index in [1.165, 1.54) is 0 Å². The first kappa shape index (κ1) is 23.0. The van der Waals surface area contributed by atoms with E-state index in [0.29, 0.717) is 22.5 Å². The van der Waals surface area contributed by atoms with Gasteiger partial charge < -0.3 is 14.5 Å². The summed E-state index contributed by atoms with van der Waals surface area (Å²) in [6.07, 6.45) is 0. The Hall–Kier alpha value is -4.22. The molecule has 0 aliphatic carbocycles. The zero-order valence-electron chi connectivity index (χ0n) is 18.7. The highest BCUT2D eigenvalue weighted by Crippen LogP contribution is 2.34. The van der Waals surface area contributed by atoms with Crippen LogP contribution in [0.5, 0.6) is 0 Å². The summed E-state index contributed by atoms with van der Waals surface area (Å²) in [6.45, 7) is 5.19. The Labute approximate surface area is 199 Å². The van der Waals surface area contributed by atoms with Crippen molar-refractivity contribution in [3.63, 3.8) is 0 Å². The van der Waals surface area contributed by atoms with Crippen LogP contribution in [0.1, 0.15) is 43.6 Å². The number of rotatable bonds is 5. The lowest BCUT2D eigenvalue weighted by atomic mass is 10.0. The molecule has 0 saturated carbocycles. The fourth-order valence-corrected chi connectivity index (χ4v) is 4.70. The molecule has 8 heteroatoms. The molecule has 0 fully saturated rings. The number of nitrogens with zero attached hydrogens (tertiary/aromatic N) is 1. The molecule has 0 aliphatic heterocycles. The molecule has 0 radical (unpaired) electrons. The van der Waals surface area contributed by atoms with Crippen LogP contribution in [0.4, 0.5) is 5.00 Å². The maximum atomic E-state index is 13.3. The molecule has 0 atom stereocenters. The highest BCUT2D eigenvalue weighted by molar-refractivity contribution is 7.18. The Kier molecular flexibility index (Phi) is 6.30. The van der Waals surface area contributed by atoms with E-state index in [-0.39, 0.29) is 44.0 Å². The zero-order valence-corrected chi connectivity index (χ0v) is 19.5. The van der Waals surface area contributed by atoms with E-state index in [9.17, 15) is 19.6 Å². The molecule has 170 valence electrons. The molecule has 0 unspecified atom stereocenters. The van der Waals surface area contributed by atoms with Gasteiger partial charge in [-0.25, -0.2) is 4.79 Å². The normalized spacial score (nSPS) is 10.6. The van der Waals surface area contributed by atoms with Crippen molar-refractivity contribution in [1.29, 1.82) is 5.26 Å². The van der Waals surface area contributed by atoms with E-state index in [1.54, 1.807) is 39.0 Å². The van der Waals surface area contributed by atoms with Gasteiger partial charge in [-0.2, -0.15) is 5.26 Å². The number of hydrogen-bond donors (Lipinski definition) is 1. The van der Waals surface area contributed by atoms with Gasteiger partial charge in [-0.05, 0) is 38.5 Å². The average Bonchev–Trinajstić information content (AvgIpc) is 3.16. The average molecular weight is 473 g/mol. The maximum Gasteiger partial charge on any atom is 0.348 e. The molecule has 0 bridgehead atoms. The molecule has 0 saturated heterocycles. The van der Waals surface area contributed by atoms with Crippen LogP contribution in [0.3, 0.4) is 0 Å². The number of nitriles is 1. The van der Waals surface area contributed by atoms with Crippen molar-refractivity contribution in [1.82, 2.24) is 0 Å². The van der Waals surface area contributed by atoms with Crippen molar-refractivity contribution in [2.45, 2.75) is 20.8 Å². The number of esters is 1.